The van der Waals surface area contributed by atoms with E-state index in [1.165, 1.54) is 25.3 Å². The third-order valence-electron chi connectivity index (χ3n) is 3.07. The molecule has 0 saturated heterocycles. The Morgan fingerprint density at radius 2 is 1.90 bits per heavy atom. The highest BCUT2D eigenvalue weighted by atomic mass is 19.1. The van der Waals surface area contributed by atoms with Crippen LogP contribution >= 0.6 is 0 Å². The Bertz CT molecular complexity index is 596. The maximum atomic E-state index is 13.2. The molecule has 21 heavy (non-hydrogen) atoms. The third kappa shape index (κ3) is 4.39. The molecule has 0 atom stereocenters. The molecule has 0 bridgehead atoms. The minimum absolute atomic E-state index is 0.0906. The zero-order valence-electron chi connectivity index (χ0n) is 11.8. The number of carbonyl (C=O) groups is 1. The summed E-state index contributed by atoms with van der Waals surface area (Å²) < 4.78 is 23.6. The molecule has 0 aromatic heterocycles. The number of ether oxygens (including phenoxy) is 2. The summed E-state index contributed by atoms with van der Waals surface area (Å²) >= 11 is 0. The largest absolute Gasteiger partial charge is 0.496 e. The first-order chi connectivity index (χ1) is 10.2. The predicted molar refractivity (Wildman–Crippen MR) is 78.2 cm³/mol. The normalized spacial score (nSPS) is 10.4. The summed E-state index contributed by atoms with van der Waals surface area (Å²) in [5.74, 6) is -0.407. The van der Waals surface area contributed by atoms with Crippen molar-refractivity contribution in [1.82, 2.24) is 0 Å². The number of rotatable bonds is 7. The quantitative estimate of drug-likeness (QED) is 0.579. The van der Waals surface area contributed by atoms with E-state index in [2.05, 4.69) is 0 Å². The second kappa shape index (κ2) is 7.55. The van der Waals surface area contributed by atoms with Crippen molar-refractivity contribution in [2.45, 2.75) is 6.42 Å². The van der Waals surface area contributed by atoms with Gasteiger partial charge in [-0.25, -0.2) is 4.39 Å². The zero-order valence-corrected chi connectivity index (χ0v) is 11.8. The Balaban J connectivity index is 1.86. The molecule has 0 N–H and O–H groups in total. The minimum atomic E-state index is -0.469. The fraction of sp³-hybridized carbons (Fsp3) is 0.235. The Kier molecular flexibility index (Phi) is 5.46. The molecular formula is C17H17FO3. The van der Waals surface area contributed by atoms with Crippen molar-refractivity contribution in [3.8, 4) is 5.75 Å². The average Bonchev–Trinajstić information content (AvgIpc) is 2.52. The Morgan fingerprint density at radius 1 is 1.14 bits per heavy atom. The summed E-state index contributed by atoms with van der Waals surface area (Å²) in [5, 5.41) is 0. The van der Waals surface area contributed by atoms with Gasteiger partial charge in [-0.2, -0.15) is 0 Å². The fourth-order valence-corrected chi connectivity index (χ4v) is 1.98. The first-order valence-corrected chi connectivity index (χ1v) is 6.69. The first-order valence-electron chi connectivity index (χ1n) is 6.69. The molecule has 0 fully saturated rings. The summed E-state index contributed by atoms with van der Waals surface area (Å²) in [6.45, 7) is 0.347. The summed E-state index contributed by atoms with van der Waals surface area (Å²) in [6, 6.07) is 13.7. The summed E-state index contributed by atoms with van der Waals surface area (Å²) in [5.41, 5.74) is 1.35. The maximum absolute atomic E-state index is 13.2. The number of ketones is 1. The molecule has 0 aliphatic carbocycles. The maximum Gasteiger partial charge on any atom is 0.192 e. The standard InChI is InChI=1S/C17H17FO3/c1-20-17-8-7-14(18)11-15(17)16(19)12-21-10-9-13-5-3-2-4-6-13/h2-8,11H,9-10,12H2,1H3. The van der Waals surface area contributed by atoms with Crippen molar-refractivity contribution >= 4 is 5.78 Å². The molecule has 0 saturated carbocycles. The number of halogens is 1. The Morgan fingerprint density at radius 3 is 2.62 bits per heavy atom. The van der Waals surface area contributed by atoms with Crippen molar-refractivity contribution in [3.05, 3.63) is 65.5 Å². The molecule has 2 aromatic carbocycles. The lowest BCUT2D eigenvalue weighted by Gasteiger charge is -2.08. The molecule has 0 aliphatic rings. The highest BCUT2D eigenvalue weighted by Gasteiger charge is 2.13. The van der Waals surface area contributed by atoms with Crippen LogP contribution in [0.3, 0.4) is 0 Å². The van der Waals surface area contributed by atoms with Gasteiger partial charge in [0.05, 0.1) is 19.3 Å². The van der Waals surface area contributed by atoms with Crippen molar-refractivity contribution in [3.63, 3.8) is 0 Å². The first kappa shape index (κ1) is 15.2. The van der Waals surface area contributed by atoms with E-state index in [9.17, 15) is 9.18 Å². The number of methoxy groups -OCH3 is 1. The van der Waals surface area contributed by atoms with E-state index in [-0.39, 0.29) is 18.0 Å². The van der Waals surface area contributed by atoms with Crippen molar-refractivity contribution in [2.24, 2.45) is 0 Å². The van der Waals surface area contributed by atoms with Crippen LogP contribution in [-0.2, 0) is 11.2 Å². The topological polar surface area (TPSA) is 35.5 Å². The van der Waals surface area contributed by atoms with Crippen LogP contribution in [0, 0.1) is 5.82 Å². The van der Waals surface area contributed by atoms with Gasteiger partial charge in [0.25, 0.3) is 0 Å². The number of carbonyl (C=O) groups excluding carboxylic acids is 1. The van der Waals surface area contributed by atoms with E-state index < -0.39 is 5.82 Å². The van der Waals surface area contributed by atoms with Gasteiger partial charge in [-0.05, 0) is 30.2 Å². The Labute approximate surface area is 123 Å². The minimum Gasteiger partial charge on any atom is -0.496 e. The summed E-state index contributed by atoms with van der Waals surface area (Å²) in [4.78, 5) is 12.0. The molecule has 2 aromatic rings. The van der Waals surface area contributed by atoms with E-state index in [1.54, 1.807) is 0 Å². The molecule has 0 radical (unpaired) electrons. The molecule has 3 nitrogen and oxygen atoms in total. The van der Waals surface area contributed by atoms with Gasteiger partial charge in [0.15, 0.2) is 5.78 Å². The van der Waals surface area contributed by atoms with Crippen molar-refractivity contribution in [1.29, 1.82) is 0 Å². The summed E-state index contributed by atoms with van der Waals surface area (Å²) in [6.07, 6.45) is 0.731. The predicted octanol–water partition coefficient (Wildman–Crippen LogP) is 3.28. The second-order valence-electron chi connectivity index (χ2n) is 4.56. The van der Waals surface area contributed by atoms with Crippen LogP contribution in [-0.4, -0.2) is 26.1 Å². The second-order valence-corrected chi connectivity index (χ2v) is 4.56. The van der Waals surface area contributed by atoms with Gasteiger partial charge < -0.3 is 9.47 Å². The number of Topliss-reactive ketones (excluding diaryl/α,β-unsaturated/α-hetero) is 1. The molecule has 110 valence electrons. The molecule has 0 unspecified atom stereocenters. The molecule has 0 heterocycles. The van der Waals surface area contributed by atoms with Crippen LogP contribution in [0.25, 0.3) is 0 Å². The van der Waals surface area contributed by atoms with E-state index in [0.717, 1.165) is 12.0 Å². The van der Waals surface area contributed by atoms with Crippen LogP contribution in [0.1, 0.15) is 15.9 Å². The highest BCUT2D eigenvalue weighted by Crippen LogP contribution is 2.19. The molecule has 0 spiro atoms. The number of hydrogen-bond acceptors (Lipinski definition) is 3. The van der Waals surface area contributed by atoms with Gasteiger partial charge >= 0.3 is 0 Å². The van der Waals surface area contributed by atoms with Gasteiger partial charge in [-0.15, -0.1) is 0 Å². The SMILES string of the molecule is COc1ccc(F)cc1C(=O)COCCc1ccccc1. The van der Waals surface area contributed by atoms with Gasteiger partial charge in [-0.3, -0.25) is 4.79 Å². The van der Waals surface area contributed by atoms with Crippen LogP contribution in [0.5, 0.6) is 5.75 Å². The van der Waals surface area contributed by atoms with Crippen molar-refractivity contribution < 1.29 is 18.7 Å². The fourth-order valence-electron chi connectivity index (χ4n) is 1.98. The highest BCUT2D eigenvalue weighted by molar-refractivity contribution is 5.99. The van der Waals surface area contributed by atoms with E-state index >= 15 is 0 Å². The van der Waals surface area contributed by atoms with Gasteiger partial charge in [0, 0.05) is 0 Å². The van der Waals surface area contributed by atoms with E-state index in [1.807, 2.05) is 30.3 Å². The van der Waals surface area contributed by atoms with Gasteiger partial charge in [-0.1, -0.05) is 30.3 Å². The van der Waals surface area contributed by atoms with Crippen LogP contribution < -0.4 is 4.74 Å². The number of benzene rings is 2. The lowest BCUT2D eigenvalue weighted by Crippen LogP contribution is -2.12. The van der Waals surface area contributed by atoms with Crippen LogP contribution in [0.15, 0.2) is 48.5 Å². The molecule has 2 rings (SSSR count). The van der Waals surface area contributed by atoms with Crippen LogP contribution in [0.2, 0.25) is 0 Å². The van der Waals surface area contributed by atoms with Gasteiger partial charge in [0.2, 0.25) is 0 Å². The molecular weight excluding hydrogens is 271 g/mol. The van der Waals surface area contributed by atoms with E-state index in [0.29, 0.717) is 12.4 Å². The van der Waals surface area contributed by atoms with Gasteiger partial charge in [0.1, 0.15) is 18.2 Å². The average molecular weight is 288 g/mol. The smallest absolute Gasteiger partial charge is 0.192 e. The number of hydrogen-bond donors (Lipinski definition) is 0. The van der Waals surface area contributed by atoms with E-state index in [4.69, 9.17) is 9.47 Å². The lowest BCUT2D eigenvalue weighted by molar-refractivity contribution is 0.0762. The zero-order chi connectivity index (χ0) is 15.1. The molecule has 4 heteroatoms. The summed E-state index contributed by atoms with van der Waals surface area (Å²) in [7, 11) is 1.44. The lowest BCUT2D eigenvalue weighted by atomic mass is 10.1. The monoisotopic (exact) mass is 288 g/mol. The molecule has 0 amide bonds. The van der Waals surface area contributed by atoms with Crippen molar-refractivity contribution in [2.75, 3.05) is 20.3 Å². The van der Waals surface area contributed by atoms with Crippen LogP contribution in [0.4, 0.5) is 4.39 Å². The Hall–Kier alpha value is -2.20. The molecule has 0 aliphatic heterocycles. The third-order valence-corrected chi connectivity index (χ3v) is 3.07.